The van der Waals surface area contributed by atoms with Gasteiger partial charge in [0.05, 0.1) is 21.4 Å². The van der Waals surface area contributed by atoms with Crippen molar-refractivity contribution < 1.29 is 13.2 Å². The maximum absolute atomic E-state index is 12.7. The second kappa shape index (κ2) is 11.1. The first-order chi connectivity index (χ1) is 15.3. The average molecular weight is 512 g/mol. The lowest BCUT2D eigenvalue weighted by Gasteiger charge is -2.19. The molecule has 3 aromatic rings. The summed E-state index contributed by atoms with van der Waals surface area (Å²) in [7, 11) is -3.66. The summed E-state index contributed by atoms with van der Waals surface area (Å²) < 4.78 is 27.4. The van der Waals surface area contributed by atoms with Gasteiger partial charge in [0.1, 0.15) is 0 Å². The molecule has 0 saturated heterocycles. The largest absolute Gasteiger partial charge is 0.330 e. The number of hydrogen-bond acceptors (Lipinski definition) is 8. The molecule has 0 unspecified atom stereocenters. The Morgan fingerprint density at radius 3 is 2.53 bits per heavy atom. The molecule has 0 aliphatic heterocycles. The van der Waals surface area contributed by atoms with E-state index in [1.54, 1.807) is 13.8 Å². The fourth-order valence-corrected chi connectivity index (χ4v) is 5.97. The van der Waals surface area contributed by atoms with E-state index in [4.69, 9.17) is 11.6 Å². The number of nitrogens with one attached hydrogen (secondary N) is 2. The quantitative estimate of drug-likeness (QED) is 0.380. The number of amides is 1. The minimum Gasteiger partial charge on any atom is -0.330 e. The third-order valence-corrected chi connectivity index (χ3v) is 8.66. The zero-order valence-corrected chi connectivity index (χ0v) is 20.6. The molecular weight excluding hydrogens is 490 g/mol. The lowest BCUT2D eigenvalue weighted by molar-refractivity contribution is -0.113. The third kappa shape index (κ3) is 6.20. The number of carbonyl (C=O) groups excluding carboxylic acids is 1. The maximum atomic E-state index is 12.7. The molecule has 32 heavy (non-hydrogen) atoms. The van der Waals surface area contributed by atoms with Gasteiger partial charge in [0.25, 0.3) is 0 Å². The van der Waals surface area contributed by atoms with Crippen LogP contribution in [0.4, 0.5) is 16.5 Å². The Bertz CT molecular complexity index is 1170. The Labute approximate surface area is 200 Å². The van der Waals surface area contributed by atoms with Gasteiger partial charge in [-0.05, 0) is 30.3 Å². The van der Waals surface area contributed by atoms with Gasteiger partial charge in [0.15, 0.2) is 4.34 Å². The first kappa shape index (κ1) is 24.5. The van der Waals surface area contributed by atoms with Crippen molar-refractivity contribution >= 4 is 67.1 Å². The van der Waals surface area contributed by atoms with Crippen molar-refractivity contribution in [1.82, 2.24) is 14.5 Å². The van der Waals surface area contributed by atoms with E-state index in [0.29, 0.717) is 22.6 Å². The van der Waals surface area contributed by atoms with E-state index < -0.39 is 10.0 Å². The minimum atomic E-state index is -3.66. The number of aromatic nitrogens is 2. The van der Waals surface area contributed by atoms with E-state index in [2.05, 4.69) is 20.8 Å². The van der Waals surface area contributed by atoms with E-state index in [1.165, 1.54) is 45.6 Å². The summed E-state index contributed by atoms with van der Waals surface area (Å²) in [5, 5.41) is 14.9. The fraction of sp³-hybridized carbons (Fsp3) is 0.250. The first-order valence-electron chi connectivity index (χ1n) is 9.71. The number of carbonyl (C=O) groups is 1. The van der Waals surface area contributed by atoms with Crippen molar-refractivity contribution in [3.63, 3.8) is 0 Å². The van der Waals surface area contributed by atoms with Gasteiger partial charge in [-0.3, -0.25) is 4.79 Å². The number of halogens is 1. The Kier molecular flexibility index (Phi) is 8.49. The highest BCUT2D eigenvalue weighted by Crippen LogP contribution is 2.29. The van der Waals surface area contributed by atoms with Gasteiger partial charge in [-0.2, -0.15) is 4.31 Å². The van der Waals surface area contributed by atoms with Crippen molar-refractivity contribution in [1.29, 1.82) is 0 Å². The first-order valence-corrected chi connectivity index (χ1v) is 13.3. The molecule has 170 valence electrons. The highest BCUT2D eigenvalue weighted by atomic mass is 35.5. The van der Waals surface area contributed by atoms with Crippen molar-refractivity contribution in [3.8, 4) is 0 Å². The van der Waals surface area contributed by atoms with E-state index >= 15 is 0 Å². The molecule has 1 heterocycles. The maximum Gasteiger partial charge on any atom is 0.243 e. The summed E-state index contributed by atoms with van der Waals surface area (Å²) in [5.41, 5.74) is 1.14. The van der Waals surface area contributed by atoms with Crippen LogP contribution in [0.25, 0.3) is 0 Å². The predicted octanol–water partition coefficient (Wildman–Crippen LogP) is 4.70. The van der Waals surface area contributed by atoms with Gasteiger partial charge < -0.3 is 10.6 Å². The number of nitrogens with zero attached hydrogens (tertiary/aromatic N) is 3. The van der Waals surface area contributed by atoms with Crippen LogP contribution in [0.1, 0.15) is 13.8 Å². The highest BCUT2D eigenvalue weighted by molar-refractivity contribution is 8.01. The lowest BCUT2D eigenvalue weighted by atomic mass is 10.3. The second-order valence-corrected chi connectivity index (χ2v) is 11.0. The molecule has 0 atom stereocenters. The molecule has 2 N–H and O–H groups in total. The van der Waals surface area contributed by atoms with Crippen LogP contribution in [0, 0.1) is 0 Å². The SMILES string of the molecule is CCN(CC)S(=O)(=O)c1ccc(Cl)c(NC(=O)CSc2nnc(Nc3ccccc3)s2)c1. The van der Waals surface area contributed by atoms with Crippen molar-refractivity contribution in [2.45, 2.75) is 23.1 Å². The Balaban J connectivity index is 1.62. The topological polar surface area (TPSA) is 104 Å². The third-order valence-electron chi connectivity index (χ3n) is 4.31. The van der Waals surface area contributed by atoms with Crippen molar-refractivity contribution in [3.05, 3.63) is 53.6 Å². The van der Waals surface area contributed by atoms with E-state index in [0.717, 1.165) is 5.69 Å². The molecule has 0 saturated carbocycles. The van der Waals surface area contributed by atoms with Crippen LogP contribution < -0.4 is 10.6 Å². The van der Waals surface area contributed by atoms with Crippen LogP contribution in [-0.4, -0.2) is 47.7 Å². The number of benzene rings is 2. The van der Waals surface area contributed by atoms with Crippen LogP contribution >= 0.6 is 34.7 Å². The van der Waals surface area contributed by atoms with Gasteiger partial charge in [-0.25, -0.2) is 8.42 Å². The standard InChI is InChI=1S/C20H22ClN5O3S3/c1-3-26(4-2)32(28,29)15-10-11-16(21)17(12-15)23-18(27)13-30-20-25-24-19(31-20)22-14-8-6-5-7-9-14/h5-12H,3-4,13H2,1-2H3,(H,22,24)(H,23,27). The summed E-state index contributed by atoms with van der Waals surface area (Å²) in [6.07, 6.45) is 0. The summed E-state index contributed by atoms with van der Waals surface area (Å²) in [6, 6.07) is 13.9. The molecular formula is C20H22ClN5O3S3. The minimum absolute atomic E-state index is 0.0727. The molecule has 1 aromatic heterocycles. The summed E-state index contributed by atoms with van der Waals surface area (Å²) >= 11 is 8.74. The Morgan fingerprint density at radius 1 is 1.12 bits per heavy atom. The molecule has 2 aromatic carbocycles. The zero-order chi connectivity index (χ0) is 23.1. The van der Waals surface area contributed by atoms with Crippen LogP contribution in [0.3, 0.4) is 0 Å². The lowest BCUT2D eigenvalue weighted by Crippen LogP contribution is -2.30. The number of para-hydroxylation sites is 1. The summed E-state index contributed by atoms with van der Waals surface area (Å²) in [6.45, 7) is 4.24. The predicted molar refractivity (Wildman–Crippen MR) is 131 cm³/mol. The van der Waals surface area contributed by atoms with Gasteiger partial charge in [0.2, 0.25) is 21.1 Å². The molecule has 0 radical (unpaired) electrons. The second-order valence-electron chi connectivity index (χ2n) is 6.43. The molecule has 12 heteroatoms. The molecule has 0 bridgehead atoms. The molecule has 0 aliphatic carbocycles. The average Bonchev–Trinajstić information content (AvgIpc) is 3.22. The van der Waals surface area contributed by atoms with Crippen LogP contribution in [0.2, 0.25) is 5.02 Å². The van der Waals surface area contributed by atoms with Gasteiger partial charge in [-0.15, -0.1) is 10.2 Å². The normalized spacial score (nSPS) is 11.5. The summed E-state index contributed by atoms with van der Waals surface area (Å²) in [4.78, 5) is 12.5. The number of sulfonamides is 1. The fourth-order valence-electron chi connectivity index (χ4n) is 2.75. The molecule has 0 fully saturated rings. The van der Waals surface area contributed by atoms with Crippen molar-refractivity contribution in [2.24, 2.45) is 0 Å². The van der Waals surface area contributed by atoms with Crippen molar-refractivity contribution in [2.75, 3.05) is 29.5 Å². The van der Waals surface area contributed by atoms with E-state index in [1.807, 2.05) is 30.3 Å². The monoisotopic (exact) mass is 511 g/mol. The number of thioether (sulfide) groups is 1. The zero-order valence-electron chi connectivity index (χ0n) is 17.4. The highest BCUT2D eigenvalue weighted by Gasteiger charge is 2.23. The molecule has 1 amide bonds. The Morgan fingerprint density at radius 2 is 1.84 bits per heavy atom. The van der Waals surface area contributed by atoms with E-state index in [9.17, 15) is 13.2 Å². The number of rotatable bonds is 10. The molecule has 3 rings (SSSR count). The molecule has 8 nitrogen and oxygen atoms in total. The molecule has 0 aliphatic rings. The number of hydrogen-bond donors (Lipinski definition) is 2. The van der Waals surface area contributed by atoms with Crippen LogP contribution in [0.15, 0.2) is 57.8 Å². The summed E-state index contributed by atoms with van der Waals surface area (Å²) in [5.74, 6) is -0.259. The van der Waals surface area contributed by atoms with E-state index in [-0.39, 0.29) is 27.3 Å². The Hall–Kier alpha value is -2.18. The van der Waals surface area contributed by atoms with Crippen LogP contribution in [0.5, 0.6) is 0 Å². The number of anilines is 3. The van der Waals surface area contributed by atoms with Gasteiger partial charge in [-0.1, -0.05) is 66.7 Å². The smallest absolute Gasteiger partial charge is 0.243 e. The van der Waals surface area contributed by atoms with Gasteiger partial charge >= 0.3 is 0 Å². The molecule has 0 spiro atoms. The van der Waals surface area contributed by atoms with Crippen LogP contribution in [-0.2, 0) is 14.8 Å². The van der Waals surface area contributed by atoms with Gasteiger partial charge in [0, 0.05) is 18.8 Å².